The van der Waals surface area contributed by atoms with Crippen LogP contribution in [0.25, 0.3) is 38.5 Å². The highest BCUT2D eigenvalue weighted by Crippen LogP contribution is 2.32. The minimum absolute atomic E-state index is 0.0962. The monoisotopic (exact) mass is 477 g/mol. The van der Waals surface area contributed by atoms with Gasteiger partial charge in [-0.2, -0.15) is 0 Å². The number of carboxylic acid groups (broad SMARTS) is 1. The molecular formula is C32H31NO3. The van der Waals surface area contributed by atoms with E-state index in [-0.39, 0.29) is 17.2 Å². The molecule has 1 aromatic heterocycles. The van der Waals surface area contributed by atoms with Crippen molar-refractivity contribution in [3.05, 3.63) is 96.2 Å². The molecule has 182 valence electrons. The number of nitrogens with zero attached hydrogens (tertiary/aromatic N) is 1. The Morgan fingerprint density at radius 3 is 2.11 bits per heavy atom. The first kappa shape index (κ1) is 23.7. The van der Waals surface area contributed by atoms with Crippen LogP contribution in [0.2, 0.25) is 0 Å². The molecule has 1 heterocycles. The Morgan fingerprint density at radius 1 is 0.778 bits per heavy atom. The lowest BCUT2D eigenvalue weighted by atomic mass is 9.86. The van der Waals surface area contributed by atoms with Crippen LogP contribution in [-0.4, -0.2) is 21.7 Å². The maximum Gasteiger partial charge on any atom is 0.352 e. The van der Waals surface area contributed by atoms with E-state index in [2.05, 4.69) is 57.2 Å². The Hall–Kier alpha value is -4.05. The fourth-order valence-corrected chi connectivity index (χ4v) is 4.69. The summed E-state index contributed by atoms with van der Waals surface area (Å²) in [5.41, 5.74) is 5.47. The third-order valence-electron chi connectivity index (χ3n) is 6.53. The number of aromatic nitrogens is 1. The van der Waals surface area contributed by atoms with Gasteiger partial charge in [-0.05, 0) is 89.2 Å². The van der Waals surface area contributed by atoms with Gasteiger partial charge in [-0.15, -0.1) is 0 Å². The molecule has 0 saturated heterocycles. The molecule has 0 amide bonds. The van der Waals surface area contributed by atoms with Crippen LogP contribution in [0.4, 0.5) is 0 Å². The summed E-state index contributed by atoms with van der Waals surface area (Å²) >= 11 is 0. The van der Waals surface area contributed by atoms with Crippen LogP contribution in [0, 0.1) is 0 Å². The Labute approximate surface area is 211 Å². The predicted molar refractivity (Wildman–Crippen MR) is 148 cm³/mol. The zero-order chi connectivity index (χ0) is 25.6. The predicted octanol–water partition coefficient (Wildman–Crippen LogP) is 8.23. The lowest BCUT2D eigenvalue weighted by molar-refractivity contribution is 0.0688. The number of hydrogen-bond donors (Lipinski definition) is 1. The van der Waals surface area contributed by atoms with E-state index in [0.717, 1.165) is 44.2 Å². The molecule has 0 spiro atoms. The number of aromatic carboxylic acids is 1. The maximum atomic E-state index is 12.2. The summed E-state index contributed by atoms with van der Waals surface area (Å²) in [6.45, 7) is 10.6. The summed E-state index contributed by atoms with van der Waals surface area (Å²) in [6.07, 6.45) is 0.104. The van der Waals surface area contributed by atoms with E-state index < -0.39 is 5.97 Å². The average molecular weight is 478 g/mol. The van der Waals surface area contributed by atoms with Gasteiger partial charge in [-0.25, -0.2) is 4.79 Å². The van der Waals surface area contributed by atoms with Crippen molar-refractivity contribution < 1.29 is 14.6 Å². The van der Waals surface area contributed by atoms with Gasteiger partial charge in [0, 0.05) is 11.1 Å². The number of hydrogen-bond acceptors (Lipinski definition) is 2. The molecule has 0 saturated carbocycles. The molecule has 4 aromatic carbocycles. The molecule has 1 N–H and O–H groups in total. The van der Waals surface area contributed by atoms with Gasteiger partial charge in [-0.1, -0.05) is 63.2 Å². The minimum Gasteiger partial charge on any atom is -0.491 e. The Balaban J connectivity index is 1.58. The van der Waals surface area contributed by atoms with Crippen LogP contribution in [0.1, 0.15) is 50.7 Å². The quantitative estimate of drug-likeness (QED) is 0.277. The van der Waals surface area contributed by atoms with E-state index in [4.69, 9.17) is 4.74 Å². The number of ether oxygens (including phenoxy) is 1. The maximum absolute atomic E-state index is 12.2. The molecule has 0 atom stereocenters. The molecule has 0 unspecified atom stereocenters. The molecule has 0 aliphatic heterocycles. The molecule has 0 aliphatic rings. The summed E-state index contributed by atoms with van der Waals surface area (Å²) in [4.78, 5) is 12.2. The third kappa shape index (κ3) is 4.47. The Morgan fingerprint density at radius 2 is 1.44 bits per heavy atom. The molecule has 5 rings (SSSR count). The van der Waals surface area contributed by atoms with Gasteiger partial charge in [0.2, 0.25) is 0 Å². The van der Waals surface area contributed by atoms with Crippen molar-refractivity contribution in [1.82, 2.24) is 4.57 Å². The third-order valence-corrected chi connectivity index (χ3v) is 6.53. The van der Waals surface area contributed by atoms with Crippen molar-refractivity contribution in [3.63, 3.8) is 0 Å². The van der Waals surface area contributed by atoms with Crippen molar-refractivity contribution in [2.75, 3.05) is 0 Å². The van der Waals surface area contributed by atoms with E-state index in [9.17, 15) is 9.90 Å². The SMILES string of the molecule is CC(C)Oc1ccc2cc(-n3c(C(=O)O)cc4cc(-c5ccc(C(C)(C)C)cc5)ccc43)ccc2c1. The first-order chi connectivity index (χ1) is 17.1. The first-order valence-corrected chi connectivity index (χ1v) is 12.3. The smallest absolute Gasteiger partial charge is 0.352 e. The van der Waals surface area contributed by atoms with Crippen molar-refractivity contribution in [3.8, 4) is 22.6 Å². The number of carbonyl (C=O) groups is 1. The Kier molecular flexibility index (Phi) is 5.83. The van der Waals surface area contributed by atoms with Crippen LogP contribution in [-0.2, 0) is 5.41 Å². The molecular weight excluding hydrogens is 446 g/mol. The lowest BCUT2D eigenvalue weighted by Gasteiger charge is -2.19. The summed E-state index contributed by atoms with van der Waals surface area (Å²) < 4.78 is 7.64. The van der Waals surface area contributed by atoms with Crippen LogP contribution in [0.3, 0.4) is 0 Å². The largest absolute Gasteiger partial charge is 0.491 e. The number of benzene rings is 4. The van der Waals surface area contributed by atoms with Gasteiger partial charge in [0.15, 0.2) is 0 Å². The van der Waals surface area contributed by atoms with Crippen molar-refractivity contribution in [2.45, 2.75) is 46.1 Å². The Bertz CT molecular complexity index is 1580. The highest BCUT2D eigenvalue weighted by Gasteiger charge is 2.18. The molecule has 4 heteroatoms. The molecule has 4 nitrogen and oxygen atoms in total. The fraction of sp³-hybridized carbons (Fsp3) is 0.219. The highest BCUT2D eigenvalue weighted by atomic mass is 16.5. The van der Waals surface area contributed by atoms with E-state index in [1.54, 1.807) is 6.07 Å². The van der Waals surface area contributed by atoms with Gasteiger partial charge >= 0.3 is 5.97 Å². The van der Waals surface area contributed by atoms with Crippen molar-refractivity contribution in [1.29, 1.82) is 0 Å². The van der Waals surface area contributed by atoms with Gasteiger partial charge in [0.25, 0.3) is 0 Å². The fourth-order valence-electron chi connectivity index (χ4n) is 4.69. The number of fused-ring (bicyclic) bond motifs is 2. The lowest BCUT2D eigenvalue weighted by Crippen LogP contribution is -2.10. The molecule has 5 aromatic rings. The summed E-state index contributed by atoms with van der Waals surface area (Å²) in [5.74, 6) is -0.131. The topological polar surface area (TPSA) is 51.5 Å². The second-order valence-corrected chi connectivity index (χ2v) is 10.6. The van der Waals surface area contributed by atoms with Gasteiger partial charge in [0.1, 0.15) is 11.4 Å². The van der Waals surface area contributed by atoms with E-state index >= 15 is 0 Å². The van der Waals surface area contributed by atoms with E-state index in [1.165, 1.54) is 5.56 Å². The normalized spacial score (nSPS) is 11.9. The second kappa shape index (κ2) is 8.87. The van der Waals surface area contributed by atoms with Crippen LogP contribution >= 0.6 is 0 Å². The molecule has 0 bridgehead atoms. The van der Waals surface area contributed by atoms with E-state index in [0.29, 0.717) is 0 Å². The zero-order valence-electron chi connectivity index (χ0n) is 21.4. The van der Waals surface area contributed by atoms with Crippen molar-refractivity contribution in [2.24, 2.45) is 0 Å². The van der Waals surface area contributed by atoms with Crippen LogP contribution < -0.4 is 4.74 Å². The average Bonchev–Trinajstić information content (AvgIpc) is 3.22. The highest BCUT2D eigenvalue weighted by molar-refractivity contribution is 5.98. The van der Waals surface area contributed by atoms with Crippen LogP contribution in [0.15, 0.2) is 84.9 Å². The van der Waals surface area contributed by atoms with Gasteiger partial charge < -0.3 is 14.4 Å². The first-order valence-electron chi connectivity index (χ1n) is 12.3. The standard InChI is InChI=1S/C32H31NO3/c1-20(2)36-28-14-9-23-17-27(13-8-24(23)18-28)33-29-15-10-22(16-25(29)19-30(33)31(34)35)21-6-11-26(12-7-21)32(3,4)5/h6-20H,1-5H3,(H,34,35). The summed E-state index contributed by atoms with van der Waals surface area (Å²) in [5, 5.41) is 13.0. The number of carboxylic acids is 1. The van der Waals surface area contributed by atoms with Crippen LogP contribution in [0.5, 0.6) is 5.75 Å². The van der Waals surface area contributed by atoms with Gasteiger partial charge in [-0.3, -0.25) is 0 Å². The molecule has 0 aliphatic carbocycles. The second-order valence-electron chi connectivity index (χ2n) is 10.6. The zero-order valence-corrected chi connectivity index (χ0v) is 21.4. The summed E-state index contributed by atoms with van der Waals surface area (Å²) in [6, 6.07) is 28.5. The minimum atomic E-state index is -0.956. The molecule has 36 heavy (non-hydrogen) atoms. The molecule has 0 radical (unpaired) electrons. The molecule has 0 fully saturated rings. The van der Waals surface area contributed by atoms with E-state index in [1.807, 2.05) is 60.9 Å². The summed E-state index contributed by atoms with van der Waals surface area (Å²) in [7, 11) is 0. The van der Waals surface area contributed by atoms with Gasteiger partial charge in [0.05, 0.1) is 11.6 Å². The van der Waals surface area contributed by atoms with Crippen molar-refractivity contribution >= 4 is 27.6 Å². The number of rotatable bonds is 5.